The molecule has 1 rings (SSSR count). The summed E-state index contributed by atoms with van der Waals surface area (Å²) in [6, 6.07) is 2.80. The van der Waals surface area contributed by atoms with Crippen molar-refractivity contribution in [2.45, 2.75) is 19.8 Å². The zero-order chi connectivity index (χ0) is 18.8. The predicted octanol–water partition coefficient (Wildman–Crippen LogP) is 0.488. The van der Waals surface area contributed by atoms with Gasteiger partial charge in [0.05, 0.1) is 22.2 Å². The third-order valence-electron chi connectivity index (χ3n) is 2.76. The average molecular weight is 389 g/mol. The van der Waals surface area contributed by atoms with Gasteiger partial charge in [-0.1, -0.05) is 36.5 Å². The first kappa shape index (κ1) is 20.7. The number of rotatable bonds is 8. The van der Waals surface area contributed by atoms with Gasteiger partial charge in [0, 0.05) is 6.54 Å². The molecule has 0 aliphatic carbocycles. The number of ether oxygens (including phenoxy) is 1. The molecule has 1 aromatic rings. The van der Waals surface area contributed by atoms with Crippen molar-refractivity contribution in [2.24, 2.45) is 5.10 Å². The first-order valence-electron chi connectivity index (χ1n) is 7.28. The molecule has 0 fully saturated rings. The summed E-state index contributed by atoms with van der Waals surface area (Å²) in [6.45, 7) is 1.67. The third kappa shape index (κ3) is 7.40. The van der Waals surface area contributed by atoms with E-state index in [0.29, 0.717) is 12.1 Å². The maximum absolute atomic E-state index is 11.5. The largest absolute Gasteiger partial charge is 0.546 e. The summed E-state index contributed by atoms with van der Waals surface area (Å²) in [5.74, 6) is -3.12. The van der Waals surface area contributed by atoms with Crippen LogP contribution in [0.2, 0.25) is 10.0 Å². The zero-order valence-corrected chi connectivity index (χ0v) is 14.8. The average Bonchev–Trinajstić information content (AvgIpc) is 2.53. The van der Waals surface area contributed by atoms with Crippen LogP contribution in [0, 0.1) is 0 Å². The van der Waals surface area contributed by atoms with E-state index in [9.17, 15) is 19.5 Å². The Morgan fingerprint density at radius 3 is 2.44 bits per heavy atom. The highest BCUT2D eigenvalue weighted by atomic mass is 35.5. The first-order valence-corrected chi connectivity index (χ1v) is 8.03. The van der Waals surface area contributed by atoms with Gasteiger partial charge in [0.15, 0.2) is 5.75 Å². The molecular formula is C15H16Cl2N3O5-. The third-order valence-corrected chi connectivity index (χ3v) is 3.32. The summed E-state index contributed by atoms with van der Waals surface area (Å²) < 4.78 is 4.91. The van der Waals surface area contributed by atoms with Gasteiger partial charge in [0.2, 0.25) is 0 Å². The number of carboxylic acids is 1. The van der Waals surface area contributed by atoms with Crippen molar-refractivity contribution < 1.29 is 24.2 Å². The molecule has 136 valence electrons. The molecule has 0 aliphatic heterocycles. The van der Waals surface area contributed by atoms with Crippen LogP contribution in [0.4, 0.5) is 0 Å². The Hall–Kier alpha value is -2.32. The minimum atomic E-state index is -1.42. The number of nitrogens with zero attached hydrogens (tertiary/aromatic N) is 1. The van der Waals surface area contributed by atoms with Crippen LogP contribution in [-0.4, -0.2) is 37.1 Å². The van der Waals surface area contributed by atoms with Crippen LogP contribution in [0.25, 0.3) is 0 Å². The minimum absolute atomic E-state index is 0.0102. The Morgan fingerprint density at radius 2 is 1.88 bits per heavy atom. The van der Waals surface area contributed by atoms with Crippen molar-refractivity contribution in [3.05, 3.63) is 27.7 Å². The lowest BCUT2D eigenvalue weighted by atomic mass is 10.2. The Bertz CT molecular complexity index is 656. The molecule has 0 aliphatic rings. The van der Waals surface area contributed by atoms with E-state index in [4.69, 9.17) is 27.9 Å². The van der Waals surface area contributed by atoms with Crippen molar-refractivity contribution in [2.75, 3.05) is 13.2 Å². The number of amides is 2. The van der Waals surface area contributed by atoms with Crippen molar-refractivity contribution >= 4 is 47.2 Å². The Morgan fingerprint density at radius 1 is 1.24 bits per heavy atom. The summed E-state index contributed by atoms with van der Waals surface area (Å²) in [7, 11) is 0. The summed E-state index contributed by atoms with van der Waals surface area (Å²) in [4.78, 5) is 33.3. The van der Waals surface area contributed by atoms with Gasteiger partial charge in [-0.3, -0.25) is 9.59 Å². The smallest absolute Gasteiger partial charge is 0.329 e. The second-order valence-corrected chi connectivity index (χ2v) is 5.60. The fraction of sp³-hybridized carbons (Fsp3) is 0.333. The SMILES string of the molecule is CCCCNC(=O)C(=O)N/N=C\c1cc(Cl)c(OCC(=O)[O-])c(Cl)c1. The van der Waals surface area contributed by atoms with Gasteiger partial charge >= 0.3 is 11.8 Å². The van der Waals surface area contributed by atoms with Gasteiger partial charge in [0.25, 0.3) is 0 Å². The lowest BCUT2D eigenvalue weighted by molar-refractivity contribution is -0.307. The quantitative estimate of drug-likeness (QED) is 0.290. The van der Waals surface area contributed by atoms with E-state index >= 15 is 0 Å². The molecule has 0 spiro atoms. The number of aliphatic carboxylic acids is 1. The highest BCUT2D eigenvalue weighted by Gasteiger charge is 2.12. The predicted molar refractivity (Wildman–Crippen MR) is 90.6 cm³/mol. The second kappa shape index (κ2) is 10.5. The number of benzene rings is 1. The van der Waals surface area contributed by atoms with Gasteiger partial charge in [-0.2, -0.15) is 5.10 Å². The van der Waals surface area contributed by atoms with E-state index in [1.807, 2.05) is 6.92 Å². The number of nitrogens with one attached hydrogen (secondary N) is 2. The number of halogens is 2. The van der Waals surface area contributed by atoms with Crippen LogP contribution in [0.15, 0.2) is 17.2 Å². The Labute approximate surface area is 154 Å². The van der Waals surface area contributed by atoms with Crippen LogP contribution < -0.4 is 20.6 Å². The Kier molecular flexibility index (Phi) is 8.73. The number of hydrogen-bond acceptors (Lipinski definition) is 6. The van der Waals surface area contributed by atoms with E-state index in [1.54, 1.807) is 0 Å². The van der Waals surface area contributed by atoms with E-state index in [2.05, 4.69) is 15.8 Å². The van der Waals surface area contributed by atoms with E-state index < -0.39 is 24.4 Å². The molecule has 10 heteroatoms. The zero-order valence-electron chi connectivity index (χ0n) is 13.3. The number of carbonyl (C=O) groups excluding carboxylic acids is 3. The van der Waals surface area contributed by atoms with Crippen molar-refractivity contribution in [3.8, 4) is 5.75 Å². The molecule has 0 saturated heterocycles. The normalized spacial score (nSPS) is 10.5. The number of hydrogen-bond donors (Lipinski definition) is 2. The lowest BCUT2D eigenvalue weighted by Crippen LogP contribution is -2.38. The molecule has 2 N–H and O–H groups in total. The molecule has 0 heterocycles. The summed E-state index contributed by atoms with van der Waals surface area (Å²) in [5, 5.41) is 16.6. The topological polar surface area (TPSA) is 120 Å². The minimum Gasteiger partial charge on any atom is -0.546 e. The molecule has 2 amide bonds. The summed E-state index contributed by atoms with van der Waals surface area (Å²) in [5.41, 5.74) is 2.47. The van der Waals surface area contributed by atoms with Crippen LogP contribution in [0.1, 0.15) is 25.3 Å². The highest BCUT2D eigenvalue weighted by Crippen LogP contribution is 2.33. The number of hydrazone groups is 1. The van der Waals surface area contributed by atoms with E-state index in [-0.39, 0.29) is 15.8 Å². The van der Waals surface area contributed by atoms with Crippen molar-refractivity contribution in [3.63, 3.8) is 0 Å². The number of carboxylic acid groups (broad SMARTS) is 1. The monoisotopic (exact) mass is 388 g/mol. The second-order valence-electron chi connectivity index (χ2n) is 4.78. The van der Waals surface area contributed by atoms with Gasteiger partial charge in [-0.25, -0.2) is 5.43 Å². The van der Waals surface area contributed by atoms with Crippen LogP contribution in [0.5, 0.6) is 5.75 Å². The standard InChI is InChI=1S/C15H17Cl2N3O5/c1-2-3-4-18-14(23)15(24)20-19-7-9-5-10(16)13(11(17)6-9)25-8-12(21)22/h5-7H,2-4,8H2,1H3,(H,18,23)(H,20,24)(H,21,22)/p-1/b19-7-. The van der Waals surface area contributed by atoms with Crippen LogP contribution in [0.3, 0.4) is 0 Å². The maximum atomic E-state index is 11.5. The molecular weight excluding hydrogens is 373 g/mol. The number of carbonyl (C=O) groups is 3. The summed E-state index contributed by atoms with van der Waals surface area (Å²) in [6.07, 6.45) is 2.88. The van der Waals surface area contributed by atoms with Crippen molar-refractivity contribution in [1.82, 2.24) is 10.7 Å². The molecule has 8 nitrogen and oxygen atoms in total. The van der Waals surface area contributed by atoms with Crippen LogP contribution >= 0.6 is 23.2 Å². The first-order chi connectivity index (χ1) is 11.8. The molecule has 0 aromatic heterocycles. The molecule has 0 radical (unpaired) electrons. The van der Waals surface area contributed by atoms with Crippen molar-refractivity contribution in [1.29, 1.82) is 0 Å². The fourth-order valence-corrected chi connectivity index (χ4v) is 2.21. The van der Waals surface area contributed by atoms with E-state index in [0.717, 1.165) is 12.8 Å². The van der Waals surface area contributed by atoms with E-state index in [1.165, 1.54) is 18.3 Å². The lowest BCUT2D eigenvalue weighted by Gasteiger charge is -2.11. The van der Waals surface area contributed by atoms with Crippen LogP contribution in [-0.2, 0) is 14.4 Å². The molecule has 0 unspecified atom stereocenters. The molecule has 25 heavy (non-hydrogen) atoms. The van der Waals surface area contributed by atoms with Gasteiger partial charge in [-0.05, 0) is 24.1 Å². The Balaban J connectivity index is 2.64. The molecule has 0 bridgehead atoms. The van der Waals surface area contributed by atoms with Gasteiger partial charge < -0.3 is 20.0 Å². The molecule has 1 aromatic carbocycles. The molecule has 0 atom stereocenters. The fourth-order valence-electron chi connectivity index (χ4n) is 1.60. The summed E-state index contributed by atoms with van der Waals surface area (Å²) >= 11 is 11.9. The molecule has 0 saturated carbocycles. The highest BCUT2D eigenvalue weighted by molar-refractivity contribution is 6.37. The van der Waals surface area contributed by atoms with Gasteiger partial charge in [0.1, 0.15) is 6.61 Å². The maximum Gasteiger partial charge on any atom is 0.329 e. The number of unbranched alkanes of at least 4 members (excludes halogenated alkanes) is 1. The van der Waals surface area contributed by atoms with Gasteiger partial charge in [-0.15, -0.1) is 0 Å².